The minimum atomic E-state index is -0.332. The van der Waals surface area contributed by atoms with Crippen LogP contribution in [0.4, 0.5) is 4.39 Å². The summed E-state index contributed by atoms with van der Waals surface area (Å²) in [6.07, 6.45) is 1.63. The van der Waals surface area contributed by atoms with Crippen molar-refractivity contribution < 1.29 is 8.91 Å². The van der Waals surface area contributed by atoms with Crippen LogP contribution < -0.4 is 5.32 Å². The van der Waals surface area contributed by atoms with Gasteiger partial charge in [-0.3, -0.25) is 0 Å². The molecule has 2 rings (SSSR count). The average Bonchev–Trinajstić information content (AvgIpc) is 2.77. The van der Waals surface area contributed by atoms with Gasteiger partial charge in [-0.25, -0.2) is 4.39 Å². The summed E-state index contributed by atoms with van der Waals surface area (Å²) >= 11 is 3.23. The van der Waals surface area contributed by atoms with E-state index in [0.717, 1.165) is 13.0 Å². The minimum absolute atomic E-state index is 0.332. The van der Waals surface area contributed by atoms with Gasteiger partial charge in [0, 0.05) is 16.5 Å². The zero-order chi connectivity index (χ0) is 13.0. The fourth-order valence-electron chi connectivity index (χ4n) is 1.57. The summed E-state index contributed by atoms with van der Waals surface area (Å²) in [4.78, 5) is 4.24. The lowest BCUT2D eigenvalue weighted by molar-refractivity contribution is 0.375. The van der Waals surface area contributed by atoms with Crippen LogP contribution in [0.2, 0.25) is 0 Å². The molecule has 2 aromatic rings. The SMILES string of the molecule is CNCCCc1nc(-c2cc(F)cc(Br)c2)no1. The van der Waals surface area contributed by atoms with Crippen molar-refractivity contribution in [2.75, 3.05) is 13.6 Å². The highest BCUT2D eigenvalue weighted by Crippen LogP contribution is 2.22. The van der Waals surface area contributed by atoms with E-state index in [0.29, 0.717) is 28.2 Å². The number of aromatic nitrogens is 2. The molecule has 4 nitrogen and oxygen atoms in total. The fourth-order valence-corrected chi connectivity index (χ4v) is 2.04. The maximum absolute atomic E-state index is 13.2. The monoisotopic (exact) mass is 313 g/mol. The van der Waals surface area contributed by atoms with Crippen molar-refractivity contribution in [2.24, 2.45) is 0 Å². The van der Waals surface area contributed by atoms with Gasteiger partial charge in [-0.1, -0.05) is 21.1 Å². The van der Waals surface area contributed by atoms with Crippen LogP contribution in [0.25, 0.3) is 11.4 Å². The molecule has 96 valence electrons. The van der Waals surface area contributed by atoms with Crippen LogP contribution in [0.1, 0.15) is 12.3 Å². The Hall–Kier alpha value is -1.27. The Labute approximate surface area is 113 Å². The van der Waals surface area contributed by atoms with Gasteiger partial charge in [0.2, 0.25) is 11.7 Å². The topological polar surface area (TPSA) is 51.0 Å². The molecule has 0 saturated heterocycles. The number of halogens is 2. The smallest absolute Gasteiger partial charge is 0.227 e. The third-order valence-corrected chi connectivity index (χ3v) is 2.86. The van der Waals surface area contributed by atoms with Gasteiger partial charge in [0.1, 0.15) is 5.82 Å². The van der Waals surface area contributed by atoms with Crippen molar-refractivity contribution >= 4 is 15.9 Å². The van der Waals surface area contributed by atoms with Crippen molar-refractivity contribution in [3.63, 3.8) is 0 Å². The third-order valence-electron chi connectivity index (χ3n) is 2.41. The molecule has 1 aromatic heterocycles. The Morgan fingerprint density at radius 1 is 1.39 bits per heavy atom. The van der Waals surface area contributed by atoms with Crippen molar-refractivity contribution in [2.45, 2.75) is 12.8 Å². The van der Waals surface area contributed by atoms with E-state index in [1.165, 1.54) is 12.1 Å². The van der Waals surface area contributed by atoms with Gasteiger partial charge < -0.3 is 9.84 Å². The number of nitrogens with zero attached hydrogens (tertiary/aromatic N) is 2. The minimum Gasteiger partial charge on any atom is -0.339 e. The van der Waals surface area contributed by atoms with E-state index in [2.05, 4.69) is 31.4 Å². The molecule has 0 fully saturated rings. The molecular weight excluding hydrogens is 301 g/mol. The summed E-state index contributed by atoms with van der Waals surface area (Å²) in [5.74, 6) is 0.649. The summed E-state index contributed by atoms with van der Waals surface area (Å²) < 4.78 is 19.0. The molecule has 0 aliphatic rings. The fraction of sp³-hybridized carbons (Fsp3) is 0.333. The van der Waals surface area contributed by atoms with Gasteiger partial charge in [-0.2, -0.15) is 4.98 Å². The maximum Gasteiger partial charge on any atom is 0.227 e. The first-order valence-electron chi connectivity index (χ1n) is 5.62. The summed E-state index contributed by atoms with van der Waals surface area (Å²) in [5, 5.41) is 6.90. The first-order chi connectivity index (χ1) is 8.69. The zero-order valence-corrected chi connectivity index (χ0v) is 11.5. The van der Waals surface area contributed by atoms with Gasteiger partial charge in [-0.15, -0.1) is 0 Å². The lowest BCUT2D eigenvalue weighted by Crippen LogP contribution is -2.08. The van der Waals surface area contributed by atoms with Crippen LogP contribution in [0, 0.1) is 5.82 Å². The number of rotatable bonds is 5. The summed E-state index contributed by atoms with van der Waals surface area (Å²) in [5.41, 5.74) is 0.602. The molecule has 18 heavy (non-hydrogen) atoms. The van der Waals surface area contributed by atoms with E-state index in [9.17, 15) is 4.39 Å². The maximum atomic E-state index is 13.2. The van der Waals surface area contributed by atoms with Gasteiger partial charge >= 0.3 is 0 Å². The largest absolute Gasteiger partial charge is 0.339 e. The molecule has 0 aliphatic carbocycles. The molecule has 0 amide bonds. The molecule has 0 spiro atoms. The Kier molecular flexibility index (Phi) is 4.43. The van der Waals surface area contributed by atoms with E-state index in [1.807, 2.05) is 7.05 Å². The molecule has 0 atom stereocenters. The lowest BCUT2D eigenvalue weighted by Gasteiger charge is -1.96. The number of nitrogens with one attached hydrogen (secondary N) is 1. The molecular formula is C12H13BrFN3O. The Morgan fingerprint density at radius 3 is 2.94 bits per heavy atom. The van der Waals surface area contributed by atoms with Gasteiger partial charge in [-0.05, 0) is 38.2 Å². The number of aryl methyl sites for hydroxylation is 1. The van der Waals surface area contributed by atoms with Crippen molar-refractivity contribution in [3.8, 4) is 11.4 Å². The highest BCUT2D eigenvalue weighted by atomic mass is 79.9. The standard InChI is InChI=1S/C12H13BrFN3O/c1-15-4-2-3-11-16-12(17-18-11)8-5-9(13)7-10(14)6-8/h5-7,15H,2-4H2,1H3. The first kappa shape index (κ1) is 13.2. The normalized spacial score (nSPS) is 10.8. The second-order valence-corrected chi connectivity index (χ2v) is 4.79. The number of benzene rings is 1. The Balaban J connectivity index is 2.13. The van der Waals surface area contributed by atoms with Gasteiger partial charge in [0.15, 0.2) is 0 Å². The highest BCUT2D eigenvalue weighted by molar-refractivity contribution is 9.10. The van der Waals surface area contributed by atoms with E-state index >= 15 is 0 Å². The quantitative estimate of drug-likeness (QED) is 0.862. The Morgan fingerprint density at radius 2 is 2.22 bits per heavy atom. The number of hydrogen-bond acceptors (Lipinski definition) is 4. The van der Waals surface area contributed by atoms with E-state index in [1.54, 1.807) is 6.07 Å². The molecule has 0 unspecified atom stereocenters. The van der Waals surface area contributed by atoms with Crippen LogP contribution in [-0.2, 0) is 6.42 Å². The molecule has 0 aliphatic heterocycles. The lowest BCUT2D eigenvalue weighted by atomic mass is 10.2. The van der Waals surface area contributed by atoms with Crippen LogP contribution in [0.5, 0.6) is 0 Å². The molecule has 1 N–H and O–H groups in total. The second kappa shape index (κ2) is 6.06. The van der Waals surface area contributed by atoms with Crippen molar-refractivity contribution in [1.29, 1.82) is 0 Å². The second-order valence-electron chi connectivity index (χ2n) is 3.88. The predicted octanol–water partition coefficient (Wildman–Crippen LogP) is 2.79. The van der Waals surface area contributed by atoms with E-state index in [-0.39, 0.29) is 5.82 Å². The summed E-state index contributed by atoms with van der Waals surface area (Å²) in [6, 6.07) is 4.52. The van der Waals surface area contributed by atoms with Crippen LogP contribution in [0.15, 0.2) is 27.2 Å². The number of hydrogen-bond donors (Lipinski definition) is 1. The summed E-state index contributed by atoms with van der Waals surface area (Å²) in [7, 11) is 1.89. The van der Waals surface area contributed by atoms with E-state index < -0.39 is 0 Å². The molecule has 6 heteroatoms. The van der Waals surface area contributed by atoms with Crippen molar-refractivity contribution in [3.05, 3.63) is 34.4 Å². The van der Waals surface area contributed by atoms with Crippen LogP contribution in [0.3, 0.4) is 0 Å². The molecule has 0 saturated carbocycles. The van der Waals surface area contributed by atoms with Gasteiger partial charge in [0.05, 0.1) is 0 Å². The molecule has 1 aromatic carbocycles. The van der Waals surface area contributed by atoms with Crippen molar-refractivity contribution in [1.82, 2.24) is 15.5 Å². The van der Waals surface area contributed by atoms with Crippen LogP contribution in [-0.4, -0.2) is 23.7 Å². The highest BCUT2D eigenvalue weighted by Gasteiger charge is 2.10. The van der Waals surface area contributed by atoms with E-state index in [4.69, 9.17) is 4.52 Å². The first-order valence-corrected chi connectivity index (χ1v) is 6.42. The average molecular weight is 314 g/mol. The Bertz CT molecular complexity index is 510. The predicted molar refractivity (Wildman–Crippen MR) is 69.6 cm³/mol. The molecule has 0 radical (unpaired) electrons. The molecule has 0 bridgehead atoms. The van der Waals surface area contributed by atoms with Crippen LogP contribution >= 0.6 is 15.9 Å². The summed E-state index contributed by atoms with van der Waals surface area (Å²) in [6.45, 7) is 0.892. The third kappa shape index (κ3) is 3.36. The van der Waals surface area contributed by atoms with Gasteiger partial charge in [0.25, 0.3) is 0 Å². The zero-order valence-electron chi connectivity index (χ0n) is 9.91. The molecule has 1 heterocycles.